The Morgan fingerprint density at radius 3 is 2.37 bits per heavy atom. The molecule has 1 unspecified atom stereocenters. The monoisotopic (exact) mass is 585 g/mol. The van der Waals surface area contributed by atoms with Gasteiger partial charge in [-0.15, -0.1) is 10.2 Å². The van der Waals surface area contributed by atoms with Crippen molar-refractivity contribution in [2.75, 3.05) is 5.75 Å². The number of para-hydroxylation sites is 1. The molecular weight excluding hydrogens is 550 g/mol. The average Bonchev–Trinajstić information content (AvgIpc) is 3.35. The van der Waals surface area contributed by atoms with E-state index in [0.29, 0.717) is 11.6 Å². The fourth-order valence-electron chi connectivity index (χ4n) is 5.47. The number of aryl methyl sites for hydroxylation is 1. The second-order valence-electron chi connectivity index (χ2n) is 10.8. The van der Waals surface area contributed by atoms with Crippen LogP contribution in [0, 0.1) is 6.92 Å². The lowest BCUT2D eigenvalue weighted by molar-refractivity contribution is -0.121. The van der Waals surface area contributed by atoms with E-state index in [1.165, 1.54) is 16.7 Å². The molecule has 2 heterocycles. The summed E-state index contributed by atoms with van der Waals surface area (Å²) in [7, 11) is 0. The number of amides is 1. The van der Waals surface area contributed by atoms with E-state index in [9.17, 15) is 4.79 Å². The second kappa shape index (κ2) is 13.7. The summed E-state index contributed by atoms with van der Waals surface area (Å²) >= 11 is 1.60. The zero-order valence-corrected chi connectivity index (χ0v) is 25.1. The Hall–Kier alpha value is -4.49. The molecule has 0 aliphatic heterocycles. The maximum atomic E-state index is 12.9. The largest absolute Gasteiger partial charge is 0.349 e. The van der Waals surface area contributed by atoms with Gasteiger partial charge in [-0.1, -0.05) is 115 Å². The fraction of sp³-hybridized carbons (Fsp3) is 0.222. The molecule has 216 valence electrons. The third kappa shape index (κ3) is 6.95. The van der Waals surface area contributed by atoms with Crippen molar-refractivity contribution in [3.8, 4) is 0 Å². The first kappa shape index (κ1) is 28.6. The molecule has 0 aliphatic carbocycles. The smallest absolute Gasteiger partial charge is 0.220 e. The molecular formula is C36H35N5OS. The topological polar surface area (TPSA) is 72.7 Å². The number of fused-ring (bicyclic) bond motifs is 3. The second-order valence-corrected chi connectivity index (χ2v) is 11.9. The van der Waals surface area contributed by atoms with Crippen LogP contribution in [0.15, 0.2) is 114 Å². The zero-order valence-electron chi connectivity index (χ0n) is 24.3. The van der Waals surface area contributed by atoms with Crippen LogP contribution in [-0.2, 0) is 17.8 Å². The van der Waals surface area contributed by atoms with Crippen molar-refractivity contribution in [1.82, 2.24) is 25.1 Å². The molecule has 0 radical (unpaired) electrons. The minimum atomic E-state index is -0.0527. The molecule has 7 heteroatoms. The first-order chi connectivity index (χ1) is 21.2. The summed E-state index contributed by atoms with van der Waals surface area (Å²) in [6.07, 6.45) is 2.94. The zero-order chi connectivity index (χ0) is 29.4. The Morgan fingerprint density at radius 1 is 0.837 bits per heavy atom. The van der Waals surface area contributed by atoms with Gasteiger partial charge < -0.3 is 9.88 Å². The van der Waals surface area contributed by atoms with Gasteiger partial charge in [0.1, 0.15) is 5.52 Å². The molecule has 0 saturated heterocycles. The van der Waals surface area contributed by atoms with Crippen molar-refractivity contribution >= 4 is 39.7 Å². The highest BCUT2D eigenvalue weighted by Crippen LogP contribution is 2.29. The van der Waals surface area contributed by atoms with Crippen molar-refractivity contribution in [2.45, 2.75) is 50.4 Å². The molecule has 4 aromatic carbocycles. The average molecular weight is 586 g/mol. The van der Waals surface area contributed by atoms with Gasteiger partial charge in [0.05, 0.1) is 11.6 Å². The quantitative estimate of drug-likeness (QED) is 0.118. The summed E-state index contributed by atoms with van der Waals surface area (Å²) in [6.45, 7) is 2.87. The lowest BCUT2D eigenvalue weighted by Crippen LogP contribution is -2.29. The summed E-state index contributed by atoms with van der Waals surface area (Å²) in [6, 6.07) is 37.2. The number of rotatable bonds is 12. The van der Waals surface area contributed by atoms with Crippen LogP contribution in [0.3, 0.4) is 0 Å². The lowest BCUT2D eigenvalue weighted by Gasteiger charge is -2.19. The number of carbonyl (C=O) groups excluding carboxylic acids is 1. The van der Waals surface area contributed by atoms with E-state index >= 15 is 0 Å². The first-order valence-corrected chi connectivity index (χ1v) is 15.8. The summed E-state index contributed by atoms with van der Waals surface area (Å²) in [5, 5.41) is 14.0. The molecule has 2 aromatic heterocycles. The van der Waals surface area contributed by atoms with Gasteiger partial charge in [0.2, 0.25) is 11.1 Å². The molecule has 0 spiro atoms. The molecule has 1 N–H and O–H groups in total. The standard InChI is InChI=1S/C36H35N5OS/c1-26-14-8-9-19-29(26)25-41-32-21-11-10-20-30(32)34-35(41)38-36(40-39-34)43-23-13-12-22-33(42)37-31(28-17-6-3-7-18-28)24-27-15-4-2-5-16-27/h2-11,14-21,31H,12-13,22-25H2,1H3,(H,37,42). The van der Waals surface area contributed by atoms with Crippen LogP contribution in [0.25, 0.3) is 22.1 Å². The molecule has 0 bridgehead atoms. The highest BCUT2D eigenvalue weighted by atomic mass is 32.2. The molecule has 43 heavy (non-hydrogen) atoms. The number of aromatic nitrogens is 4. The van der Waals surface area contributed by atoms with Crippen molar-refractivity contribution in [3.05, 3.63) is 131 Å². The van der Waals surface area contributed by atoms with E-state index in [-0.39, 0.29) is 11.9 Å². The van der Waals surface area contributed by atoms with Gasteiger partial charge in [-0.2, -0.15) is 0 Å². The van der Waals surface area contributed by atoms with E-state index in [2.05, 4.69) is 93.7 Å². The Labute approximate surface area is 256 Å². The van der Waals surface area contributed by atoms with Crippen LogP contribution >= 0.6 is 11.8 Å². The third-order valence-corrected chi connectivity index (χ3v) is 8.72. The Balaban J connectivity index is 1.07. The first-order valence-electron chi connectivity index (χ1n) is 14.8. The van der Waals surface area contributed by atoms with Crippen LogP contribution in [0.4, 0.5) is 0 Å². The minimum absolute atomic E-state index is 0.0527. The van der Waals surface area contributed by atoms with Crippen LogP contribution in [0.5, 0.6) is 0 Å². The predicted octanol–water partition coefficient (Wildman–Crippen LogP) is 7.70. The lowest BCUT2D eigenvalue weighted by atomic mass is 9.98. The molecule has 6 rings (SSSR count). The number of hydrogen-bond donors (Lipinski definition) is 1. The number of unbranched alkanes of at least 4 members (excludes halogenated alkanes) is 1. The highest BCUT2D eigenvalue weighted by Gasteiger charge is 2.17. The van der Waals surface area contributed by atoms with Gasteiger partial charge in [-0.05, 0) is 54.5 Å². The number of nitrogens with zero attached hydrogens (tertiary/aromatic N) is 4. The summed E-state index contributed by atoms with van der Waals surface area (Å²) < 4.78 is 2.24. The summed E-state index contributed by atoms with van der Waals surface area (Å²) in [5.41, 5.74) is 7.63. The molecule has 0 aliphatic rings. The molecule has 6 nitrogen and oxygen atoms in total. The molecule has 0 saturated carbocycles. The molecule has 1 atom stereocenters. The fourth-order valence-corrected chi connectivity index (χ4v) is 6.25. The van der Waals surface area contributed by atoms with E-state index < -0.39 is 0 Å². The normalized spacial score (nSPS) is 12.0. The Morgan fingerprint density at radius 2 is 1.56 bits per heavy atom. The number of thioether (sulfide) groups is 1. The number of nitrogens with one attached hydrogen (secondary N) is 1. The van der Waals surface area contributed by atoms with Gasteiger partial charge >= 0.3 is 0 Å². The van der Waals surface area contributed by atoms with Gasteiger partial charge in [0.15, 0.2) is 5.65 Å². The van der Waals surface area contributed by atoms with Gasteiger partial charge in [0, 0.05) is 24.1 Å². The van der Waals surface area contributed by atoms with Crippen molar-refractivity contribution < 1.29 is 4.79 Å². The SMILES string of the molecule is Cc1ccccc1Cn1c2ccccc2c2nnc(SCCCCC(=O)NC(Cc3ccccc3)c3ccccc3)nc21. The van der Waals surface area contributed by atoms with Crippen LogP contribution in [-0.4, -0.2) is 31.4 Å². The van der Waals surface area contributed by atoms with Crippen LogP contribution in [0.1, 0.15) is 47.6 Å². The van der Waals surface area contributed by atoms with E-state index in [4.69, 9.17) is 4.98 Å². The summed E-state index contributed by atoms with van der Waals surface area (Å²) in [4.78, 5) is 17.9. The predicted molar refractivity (Wildman–Crippen MR) is 175 cm³/mol. The maximum absolute atomic E-state index is 12.9. The number of benzene rings is 4. The van der Waals surface area contributed by atoms with Crippen LogP contribution < -0.4 is 5.32 Å². The molecule has 1 amide bonds. The minimum Gasteiger partial charge on any atom is -0.349 e. The number of hydrogen-bond acceptors (Lipinski definition) is 5. The van der Waals surface area contributed by atoms with Crippen molar-refractivity contribution in [1.29, 1.82) is 0 Å². The van der Waals surface area contributed by atoms with Gasteiger partial charge in [-0.25, -0.2) is 4.98 Å². The van der Waals surface area contributed by atoms with E-state index in [1.807, 2.05) is 42.5 Å². The summed E-state index contributed by atoms with van der Waals surface area (Å²) in [5.74, 6) is 0.903. The maximum Gasteiger partial charge on any atom is 0.220 e. The molecule has 0 fully saturated rings. The molecule has 6 aromatic rings. The third-order valence-electron chi connectivity index (χ3n) is 7.79. The van der Waals surface area contributed by atoms with Crippen molar-refractivity contribution in [2.24, 2.45) is 0 Å². The Bertz CT molecular complexity index is 1820. The van der Waals surface area contributed by atoms with E-state index in [0.717, 1.165) is 59.2 Å². The highest BCUT2D eigenvalue weighted by molar-refractivity contribution is 7.99. The Kier molecular flexibility index (Phi) is 9.09. The van der Waals surface area contributed by atoms with Gasteiger partial charge in [-0.3, -0.25) is 4.79 Å². The van der Waals surface area contributed by atoms with E-state index in [1.54, 1.807) is 11.8 Å². The van der Waals surface area contributed by atoms with Crippen molar-refractivity contribution in [3.63, 3.8) is 0 Å². The van der Waals surface area contributed by atoms with Gasteiger partial charge in [0.25, 0.3) is 0 Å². The number of carbonyl (C=O) groups is 1. The van der Waals surface area contributed by atoms with Crippen LogP contribution in [0.2, 0.25) is 0 Å².